The number of nitrogens with one attached hydrogen (secondary N) is 2. The minimum Gasteiger partial charge on any atom is -0.497 e. The number of ether oxygens (including phenoxy) is 1. The number of rotatable bonds is 7. The summed E-state index contributed by atoms with van der Waals surface area (Å²) in [6.45, 7) is 2.22. The van der Waals surface area contributed by atoms with Gasteiger partial charge < -0.3 is 19.9 Å². The van der Waals surface area contributed by atoms with Gasteiger partial charge in [0.15, 0.2) is 5.96 Å². The highest BCUT2D eigenvalue weighted by Crippen LogP contribution is 2.11. The lowest BCUT2D eigenvalue weighted by Gasteiger charge is -2.13. The standard InChI is InChI=1S/C21H25N5O.HI/c1-22-21(24-13-17-6-8-20(27-2)9-7-17)25-14-18-4-3-5-19(12-18)15-26-11-10-23-16-26;/h3-12,16H,13-15H2,1-2H3,(H2,22,24,25);1H. The van der Waals surface area contributed by atoms with Crippen LogP contribution < -0.4 is 15.4 Å². The molecule has 6 nitrogen and oxygen atoms in total. The van der Waals surface area contributed by atoms with Gasteiger partial charge in [-0.1, -0.05) is 36.4 Å². The Bertz CT molecular complexity index is 863. The van der Waals surface area contributed by atoms with E-state index in [1.54, 1.807) is 20.4 Å². The van der Waals surface area contributed by atoms with Gasteiger partial charge in [-0.25, -0.2) is 4.98 Å². The van der Waals surface area contributed by atoms with E-state index in [4.69, 9.17) is 4.74 Å². The molecule has 0 saturated heterocycles. The van der Waals surface area contributed by atoms with Crippen LogP contribution >= 0.6 is 24.0 Å². The van der Waals surface area contributed by atoms with Crippen molar-refractivity contribution in [2.45, 2.75) is 19.6 Å². The van der Waals surface area contributed by atoms with Crippen molar-refractivity contribution >= 4 is 29.9 Å². The highest BCUT2D eigenvalue weighted by atomic mass is 127. The van der Waals surface area contributed by atoms with Gasteiger partial charge in [0.25, 0.3) is 0 Å². The molecule has 2 aromatic carbocycles. The Morgan fingerprint density at radius 1 is 1.04 bits per heavy atom. The first-order valence-corrected chi connectivity index (χ1v) is 8.88. The second kappa shape index (κ2) is 11.3. The summed E-state index contributed by atoms with van der Waals surface area (Å²) in [6.07, 6.45) is 5.59. The van der Waals surface area contributed by atoms with E-state index in [9.17, 15) is 0 Å². The third-order valence-electron chi connectivity index (χ3n) is 4.22. The van der Waals surface area contributed by atoms with Gasteiger partial charge in [-0.2, -0.15) is 0 Å². The van der Waals surface area contributed by atoms with E-state index in [-0.39, 0.29) is 24.0 Å². The van der Waals surface area contributed by atoms with Crippen LogP contribution in [0.3, 0.4) is 0 Å². The summed E-state index contributed by atoms with van der Waals surface area (Å²) in [6, 6.07) is 16.5. The Kier molecular flexibility index (Phi) is 8.80. The molecule has 3 rings (SSSR count). The number of hydrogen-bond donors (Lipinski definition) is 2. The maximum Gasteiger partial charge on any atom is 0.191 e. The molecule has 2 N–H and O–H groups in total. The topological polar surface area (TPSA) is 63.5 Å². The fraction of sp³-hybridized carbons (Fsp3) is 0.238. The van der Waals surface area contributed by atoms with Crippen LogP contribution in [0.2, 0.25) is 0 Å². The molecule has 0 aliphatic heterocycles. The minimum absolute atomic E-state index is 0. The molecule has 0 bridgehead atoms. The Morgan fingerprint density at radius 2 is 1.75 bits per heavy atom. The normalized spacial score (nSPS) is 10.9. The van der Waals surface area contributed by atoms with E-state index < -0.39 is 0 Å². The SMILES string of the molecule is CN=C(NCc1ccc(OC)cc1)NCc1cccc(Cn2ccnc2)c1.I. The molecule has 148 valence electrons. The molecule has 0 aliphatic carbocycles. The first-order valence-electron chi connectivity index (χ1n) is 8.88. The van der Waals surface area contributed by atoms with Crippen molar-refractivity contribution in [2.75, 3.05) is 14.2 Å². The lowest BCUT2D eigenvalue weighted by atomic mass is 10.1. The molecule has 0 aliphatic rings. The summed E-state index contributed by atoms with van der Waals surface area (Å²) < 4.78 is 7.24. The summed E-state index contributed by atoms with van der Waals surface area (Å²) >= 11 is 0. The molecular weight excluding hydrogens is 465 g/mol. The zero-order chi connectivity index (χ0) is 18.9. The number of halogens is 1. The van der Waals surface area contributed by atoms with Gasteiger partial charge in [-0.15, -0.1) is 24.0 Å². The number of aliphatic imine (C=N–C) groups is 1. The molecule has 0 unspecified atom stereocenters. The predicted octanol–water partition coefficient (Wildman–Crippen LogP) is 3.42. The van der Waals surface area contributed by atoms with Crippen LogP contribution in [0.15, 0.2) is 72.2 Å². The van der Waals surface area contributed by atoms with Crippen molar-refractivity contribution in [1.82, 2.24) is 20.2 Å². The quantitative estimate of drug-likeness (QED) is 0.302. The zero-order valence-electron chi connectivity index (χ0n) is 16.1. The van der Waals surface area contributed by atoms with Crippen LogP contribution in [0.5, 0.6) is 5.75 Å². The van der Waals surface area contributed by atoms with E-state index in [0.717, 1.165) is 18.3 Å². The van der Waals surface area contributed by atoms with Crippen LogP contribution in [0.4, 0.5) is 0 Å². The lowest BCUT2D eigenvalue weighted by molar-refractivity contribution is 0.414. The maximum absolute atomic E-state index is 5.18. The van der Waals surface area contributed by atoms with Crippen molar-refractivity contribution in [3.05, 3.63) is 83.9 Å². The molecule has 28 heavy (non-hydrogen) atoms. The van der Waals surface area contributed by atoms with Gasteiger partial charge in [-0.05, 0) is 28.8 Å². The number of benzene rings is 2. The number of nitrogens with zero attached hydrogens (tertiary/aromatic N) is 3. The van der Waals surface area contributed by atoms with Crippen molar-refractivity contribution in [2.24, 2.45) is 4.99 Å². The zero-order valence-corrected chi connectivity index (χ0v) is 18.5. The van der Waals surface area contributed by atoms with Gasteiger partial charge >= 0.3 is 0 Å². The molecule has 0 spiro atoms. The fourth-order valence-corrected chi connectivity index (χ4v) is 2.76. The Labute approximate surface area is 183 Å². The summed E-state index contributed by atoms with van der Waals surface area (Å²) in [5, 5.41) is 6.69. The number of hydrogen-bond acceptors (Lipinski definition) is 3. The van der Waals surface area contributed by atoms with Crippen molar-refractivity contribution in [3.63, 3.8) is 0 Å². The number of aromatic nitrogens is 2. The molecule has 3 aromatic rings. The number of methoxy groups -OCH3 is 1. The van der Waals surface area contributed by atoms with E-state index in [0.29, 0.717) is 13.1 Å². The number of guanidine groups is 1. The van der Waals surface area contributed by atoms with Crippen LogP contribution in [0.1, 0.15) is 16.7 Å². The Hall–Kier alpha value is -2.55. The average molecular weight is 491 g/mol. The van der Waals surface area contributed by atoms with Gasteiger partial charge in [0.1, 0.15) is 5.75 Å². The van der Waals surface area contributed by atoms with Crippen LogP contribution in [0, 0.1) is 0 Å². The summed E-state index contributed by atoms with van der Waals surface area (Å²) in [5.41, 5.74) is 3.62. The monoisotopic (exact) mass is 491 g/mol. The molecule has 0 fully saturated rings. The van der Waals surface area contributed by atoms with E-state index >= 15 is 0 Å². The van der Waals surface area contributed by atoms with E-state index in [1.807, 2.05) is 36.8 Å². The first kappa shape index (κ1) is 21.7. The maximum atomic E-state index is 5.18. The lowest BCUT2D eigenvalue weighted by Crippen LogP contribution is -2.36. The predicted molar refractivity (Wildman–Crippen MR) is 123 cm³/mol. The molecule has 7 heteroatoms. The van der Waals surface area contributed by atoms with Crippen molar-refractivity contribution < 1.29 is 4.74 Å². The molecule has 0 atom stereocenters. The smallest absolute Gasteiger partial charge is 0.191 e. The largest absolute Gasteiger partial charge is 0.497 e. The minimum atomic E-state index is 0. The highest BCUT2D eigenvalue weighted by Gasteiger charge is 2.01. The first-order chi connectivity index (χ1) is 13.3. The number of imidazole rings is 1. The van der Waals surface area contributed by atoms with Gasteiger partial charge in [0.2, 0.25) is 0 Å². The summed E-state index contributed by atoms with van der Waals surface area (Å²) in [4.78, 5) is 8.38. The second-order valence-electron chi connectivity index (χ2n) is 6.18. The van der Waals surface area contributed by atoms with Crippen LogP contribution in [0.25, 0.3) is 0 Å². The molecule has 0 saturated carbocycles. The average Bonchev–Trinajstić information content (AvgIpc) is 3.22. The summed E-state index contributed by atoms with van der Waals surface area (Å²) in [5.74, 6) is 1.63. The summed E-state index contributed by atoms with van der Waals surface area (Å²) in [7, 11) is 3.45. The second-order valence-corrected chi connectivity index (χ2v) is 6.18. The molecule has 0 radical (unpaired) electrons. The van der Waals surface area contributed by atoms with Crippen LogP contribution in [-0.2, 0) is 19.6 Å². The Morgan fingerprint density at radius 3 is 2.39 bits per heavy atom. The van der Waals surface area contributed by atoms with Gasteiger partial charge in [0.05, 0.1) is 13.4 Å². The van der Waals surface area contributed by atoms with E-state index in [1.165, 1.54) is 16.7 Å². The molecule has 1 aromatic heterocycles. The fourth-order valence-electron chi connectivity index (χ4n) is 2.76. The van der Waals surface area contributed by atoms with Gasteiger partial charge in [0, 0.05) is 39.1 Å². The van der Waals surface area contributed by atoms with Crippen molar-refractivity contribution in [3.8, 4) is 5.75 Å². The van der Waals surface area contributed by atoms with E-state index in [2.05, 4.69) is 49.4 Å². The van der Waals surface area contributed by atoms with Crippen LogP contribution in [-0.4, -0.2) is 29.7 Å². The highest BCUT2D eigenvalue weighted by molar-refractivity contribution is 14.0. The van der Waals surface area contributed by atoms with Gasteiger partial charge in [-0.3, -0.25) is 4.99 Å². The Balaban J connectivity index is 0.00000280. The molecular formula is C21H26IN5O. The van der Waals surface area contributed by atoms with Crippen molar-refractivity contribution in [1.29, 1.82) is 0 Å². The molecule has 0 amide bonds. The third-order valence-corrected chi connectivity index (χ3v) is 4.22. The molecule has 1 heterocycles. The third kappa shape index (κ3) is 6.56.